The van der Waals surface area contributed by atoms with Crippen molar-refractivity contribution in [1.29, 1.82) is 0 Å². The molecule has 0 aromatic heterocycles. The quantitative estimate of drug-likeness (QED) is 0.607. The summed E-state index contributed by atoms with van der Waals surface area (Å²) in [4.78, 5) is 0. The molecule has 0 aromatic rings. The van der Waals surface area contributed by atoms with Crippen LogP contribution in [0, 0.1) is 0 Å². The predicted octanol–water partition coefficient (Wildman–Crippen LogP) is 1.03. The highest BCUT2D eigenvalue weighted by Crippen LogP contribution is 2.15. The van der Waals surface area contributed by atoms with Crippen molar-refractivity contribution in [3.05, 3.63) is 0 Å². The fourth-order valence-corrected chi connectivity index (χ4v) is 1.29. The van der Waals surface area contributed by atoms with Crippen molar-refractivity contribution in [2.24, 2.45) is 0 Å². The van der Waals surface area contributed by atoms with Crippen molar-refractivity contribution in [3.63, 3.8) is 0 Å². The summed E-state index contributed by atoms with van der Waals surface area (Å²) < 4.78 is 5.38. The fourth-order valence-electron chi connectivity index (χ4n) is 1.29. The van der Waals surface area contributed by atoms with Crippen LogP contribution >= 0.6 is 0 Å². The monoisotopic (exact) mass is 161 g/mol. The van der Waals surface area contributed by atoms with E-state index >= 15 is 0 Å². The number of hydroxylamine groups is 2. The third-order valence-corrected chi connectivity index (χ3v) is 1.93. The maximum Gasteiger partial charge on any atom is 0.0589 e. The van der Waals surface area contributed by atoms with E-state index in [1.165, 1.54) is 6.42 Å². The zero-order chi connectivity index (χ0) is 8.10. The van der Waals surface area contributed by atoms with Gasteiger partial charge in [-0.15, -0.1) is 0 Å². The Hall–Kier alpha value is -0.160. The zero-order valence-corrected chi connectivity index (χ0v) is 6.57. The molecule has 1 aliphatic heterocycles. The van der Waals surface area contributed by atoms with Crippen LogP contribution in [0.25, 0.3) is 0 Å². The maximum absolute atomic E-state index is 8.42. The highest BCUT2D eigenvalue weighted by atomic mass is 16.8. The molecule has 1 rings (SSSR count). The van der Waals surface area contributed by atoms with Gasteiger partial charge >= 0.3 is 0 Å². The van der Waals surface area contributed by atoms with Gasteiger partial charge < -0.3 is 4.74 Å². The summed E-state index contributed by atoms with van der Waals surface area (Å²) in [6.45, 7) is 1.09. The highest BCUT2D eigenvalue weighted by molar-refractivity contribution is 4.63. The lowest BCUT2D eigenvalue weighted by atomic mass is 10.1. The Labute approximate surface area is 66.3 Å². The van der Waals surface area contributed by atoms with Gasteiger partial charge in [-0.1, -0.05) is 5.23 Å². The maximum atomic E-state index is 8.42. The number of rotatable bonds is 3. The molecule has 1 aliphatic rings. The molecule has 1 fully saturated rings. The van der Waals surface area contributed by atoms with Crippen molar-refractivity contribution in [1.82, 2.24) is 5.23 Å². The van der Waals surface area contributed by atoms with Crippen molar-refractivity contribution < 1.29 is 15.2 Å². The topological polar surface area (TPSA) is 52.9 Å². The molecule has 11 heavy (non-hydrogen) atoms. The van der Waals surface area contributed by atoms with Gasteiger partial charge in [-0.25, -0.2) is 0 Å². The van der Waals surface area contributed by atoms with Crippen molar-refractivity contribution in [2.45, 2.75) is 31.8 Å². The van der Waals surface area contributed by atoms with E-state index in [-0.39, 0.29) is 17.9 Å². The van der Waals surface area contributed by atoms with Crippen LogP contribution in [0.1, 0.15) is 25.7 Å². The summed E-state index contributed by atoms with van der Waals surface area (Å²) in [7, 11) is 0. The lowest BCUT2D eigenvalue weighted by Crippen LogP contribution is -2.25. The van der Waals surface area contributed by atoms with Gasteiger partial charge in [0.15, 0.2) is 0 Å². The van der Waals surface area contributed by atoms with E-state index in [1.807, 2.05) is 0 Å². The van der Waals surface area contributed by atoms with Crippen LogP contribution in [0.15, 0.2) is 0 Å². The Kier molecular flexibility index (Phi) is 3.79. The number of nitrogens with zero attached hydrogens (tertiary/aromatic N) is 1. The first-order chi connectivity index (χ1) is 5.29. The molecule has 1 atom stereocenters. The smallest absolute Gasteiger partial charge is 0.0589 e. The van der Waals surface area contributed by atoms with E-state index in [4.69, 9.17) is 15.2 Å². The van der Waals surface area contributed by atoms with Gasteiger partial charge in [0.2, 0.25) is 0 Å². The zero-order valence-electron chi connectivity index (χ0n) is 6.57. The van der Waals surface area contributed by atoms with Crippen molar-refractivity contribution in [2.75, 3.05) is 13.2 Å². The minimum Gasteiger partial charge on any atom is -0.378 e. The largest absolute Gasteiger partial charge is 0.378 e. The molecule has 1 heterocycles. The van der Waals surface area contributed by atoms with Crippen LogP contribution in [0.4, 0.5) is 0 Å². The van der Waals surface area contributed by atoms with Crippen molar-refractivity contribution in [3.8, 4) is 0 Å². The molecule has 0 amide bonds. The minimum atomic E-state index is 0.220. The molecule has 0 spiro atoms. The Morgan fingerprint density at radius 3 is 2.73 bits per heavy atom. The fraction of sp³-hybridized carbons (Fsp3) is 1.00. The second-order valence-corrected chi connectivity index (χ2v) is 2.87. The SMILES string of the molecule is ON(O)CCC1CCCCO1. The highest BCUT2D eigenvalue weighted by Gasteiger charge is 2.13. The third kappa shape index (κ3) is 3.67. The van der Waals surface area contributed by atoms with Gasteiger partial charge in [0.05, 0.1) is 12.6 Å². The molecular formula is C7H15NO3. The second-order valence-electron chi connectivity index (χ2n) is 2.87. The molecule has 4 heteroatoms. The average molecular weight is 161 g/mol. The van der Waals surface area contributed by atoms with E-state index in [2.05, 4.69) is 0 Å². The lowest BCUT2D eigenvalue weighted by Gasteiger charge is -2.22. The van der Waals surface area contributed by atoms with E-state index in [0.717, 1.165) is 19.4 Å². The van der Waals surface area contributed by atoms with Crippen molar-refractivity contribution >= 4 is 0 Å². The van der Waals surface area contributed by atoms with Gasteiger partial charge in [-0.2, -0.15) is 0 Å². The Bertz CT molecular complexity index is 102. The number of hydrogen-bond donors (Lipinski definition) is 2. The van der Waals surface area contributed by atoms with Crippen LogP contribution < -0.4 is 0 Å². The standard InChI is InChI=1S/C7H15NO3/c9-8(10)5-4-7-3-1-2-6-11-7/h7,9-10H,1-6H2. The Balaban J connectivity index is 2.05. The van der Waals surface area contributed by atoms with Crippen LogP contribution in [0.5, 0.6) is 0 Å². The van der Waals surface area contributed by atoms with Gasteiger partial charge in [0, 0.05) is 6.61 Å². The second kappa shape index (κ2) is 4.66. The first kappa shape index (κ1) is 8.93. The molecule has 0 aliphatic carbocycles. The normalized spacial score (nSPS) is 25.9. The number of ether oxygens (including phenoxy) is 1. The van der Waals surface area contributed by atoms with Crippen LogP contribution in [-0.4, -0.2) is 34.9 Å². The van der Waals surface area contributed by atoms with E-state index < -0.39 is 0 Å². The summed E-state index contributed by atoms with van der Waals surface area (Å²) in [5.41, 5.74) is 0. The molecule has 4 nitrogen and oxygen atoms in total. The first-order valence-corrected chi connectivity index (χ1v) is 4.06. The Morgan fingerprint density at radius 2 is 2.18 bits per heavy atom. The molecule has 1 unspecified atom stereocenters. The van der Waals surface area contributed by atoms with Gasteiger partial charge in [0.25, 0.3) is 0 Å². The predicted molar refractivity (Wildman–Crippen MR) is 38.5 cm³/mol. The molecule has 0 bridgehead atoms. The van der Waals surface area contributed by atoms with E-state index in [9.17, 15) is 0 Å². The summed E-state index contributed by atoms with van der Waals surface area (Å²) in [6.07, 6.45) is 4.31. The molecule has 1 saturated heterocycles. The van der Waals surface area contributed by atoms with Gasteiger partial charge in [0.1, 0.15) is 0 Å². The third-order valence-electron chi connectivity index (χ3n) is 1.93. The van der Waals surface area contributed by atoms with Gasteiger partial charge in [-0.3, -0.25) is 10.4 Å². The average Bonchev–Trinajstić information content (AvgIpc) is 2.03. The van der Waals surface area contributed by atoms with Crippen LogP contribution in [0.3, 0.4) is 0 Å². The minimum absolute atomic E-state index is 0.220. The lowest BCUT2D eigenvalue weighted by molar-refractivity contribution is -0.309. The molecule has 2 N–H and O–H groups in total. The van der Waals surface area contributed by atoms with E-state index in [0.29, 0.717) is 6.42 Å². The summed E-state index contributed by atoms with van der Waals surface area (Å²) in [5, 5.41) is 17.1. The molecule has 0 aromatic carbocycles. The summed E-state index contributed by atoms with van der Waals surface area (Å²) >= 11 is 0. The van der Waals surface area contributed by atoms with Crippen LogP contribution in [0.2, 0.25) is 0 Å². The molecular weight excluding hydrogens is 146 g/mol. The summed E-state index contributed by atoms with van der Waals surface area (Å²) in [6, 6.07) is 0. The van der Waals surface area contributed by atoms with E-state index in [1.54, 1.807) is 0 Å². The summed E-state index contributed by atoms with van der Waals surface area (Å²) in [5.74, 6) is 0. The number of hydrogen-bond acceptors (Lipinski definition) is 4. The van der Waals surface area contributed by atoms with Crippen LogP contribution in [-0.2, 0) is 4.74 Å². The first-order valence-electron chi connectivity index (χ1n) is 4.06. The molecule has 66 valence electrons. The molecule has 0 radical (unpaired) electrons. The van der Waals surface area contributed by atoms with Gasteiger partial charge in [-0.05, 0) is 25.7 Å². The molecule has 0 saturated carbocycles. The Morgan fingerprint density at radius 1 is 1.36 bits per heavy atom.